The molecule has 0 saturated carbocycles. The smallest absolute Gasteiger partial charge is 0.359 e. The minimum atomic E-state index is -4.51. The Morgan fingerprint density at radius 3 is 2.87 bits per heavy atom. The fourth-order valence-corrected chi connectivity index (χ4v) is 2.73. The summed E-state index contributed by atoms with van der Waals surface area (Å²) in [5.41, 5.74) is -0.282. The molecule has 0 aliphatic carbocycles. The van der Waals surface area contributed by atoms with Crippen molar-refractivity contribution in [3.63, 3.8) is 0 Å². The Kier molecular flexibility index (Phi) is 3.87. The van der Waals surface area contributed by atoms with E-state index < -0.39 is 11.9 Å². The van der Waals surface area contributed by atoms with Crippen LogP contribution >= 0.6 is 0 Å². The van der Waals surface area contributed by atoms with Crippen LogP contribution in [0.15, 0.2) is 22.9 Å². The number of nitrogens with zero attached hydrogens (tertiary/aromatic N) is 4. The number of rotatable bonds is 3. The van der Waals surface area contributed by atoms with Gasteiger partial charge in [0.2, 0.25) is 5.91 Å². The molecule has 2 aromatic heterocycles. The fourth-order valence-electron chi connectivity index (χ4n) is 2.73. The maximum Gasteiger partial charge on any atom is 0.435 e. The zero-order valence-electron chi connectivity index (χ0n) is 12.4. The van der Waals surface area contributed by atoms with Crippen molar-refractivity contribution in [2.24, 2.45) is 0 Å². The summed E-state index contributed by atoms with van der Waals surface area (Å²) in [6.07, 6.45) is -1.80. The average Bonchev–Trinajstić information content (AvgIpc) is 3.15. The van der Waals surface area contributed by atoms with Crippen molar-refractivity contribution in [3.8, 4) is 0 Å². The van der Waals surface area contributed by atoms with Crippen LogP contribution in [0, 0.1) is 6.92 Å². The largest absolute Gasteiger partial charge is 0.435 e. The van der Waals surface area contributed by atoms with Crippen LogP contribution in [0.1, 0.15) is 36.0 Å². The Balaban J connectivity index is 1.71. The van der Waals surface area contributed by atoms with E-state index in [9.17, 15) is 18.0 Å². The molecule has 0 aromatic carbocycles. The normalized spacial score (nSPS) is 18.6. The number of hydrogen-bond acceptors (Lipinski definition) is 4. The van der Waals surface area contributed by atoms with E-state index in [1.165, 1.54) is 0 Å². The van der Waals surface area contributed by atoms with Crippen molar-refractivity contribution in [2.45, 2.75) is 38.5 Å². The summed E-state index contributed by atoms with van der Waals surface area (Å²) in [5, 5.41) is 7.22. The lowest BCUT2D eigenvalue weighted by molar-refractivity contribution is -0.142. The Labute approximate surface area is 129 Å². The number of likely N-dealkylation sites (tertiary alicyclic amines) is 1. The molecule has 1 saturated heterocycles. The molecule has 0 radical (unpaired) electrons. The van der Waals surface area contributed by atoms with Gasteiger partial charge in [0, 0.05) is 18.8 Å². The van der Waals surface area contributed by atoms with Gasteiger partial charge < -0.3 is 9.42 Å². The molecule has 124 valence electrons. The maximum absolute atomic E-state index is 12.5. The van der Waals surface area contributed by atoms with E-state index in [1.807, 2.05) is 0 Å². The molecule has 0 spiro atoms. The van der Waals surface area contributed by atoms with E-state index >= 15 is 0 Å². The Morgan fingerprint density at radius 1 is 1.48 bits per heavy atom. The lowest BCUT2D eigenvalue weighted by Crippen LogP contribution is -2.33. The van der Waals surface area contributed by atoms with Gasteiger partial charge in [-0.1, -0.05) is 5.16 Å². The summed E-state index contributed by atoms with van der Waals surface area (Å²) in [4.78, 5) is 14.0. The van der Waals surface area contributed by atoms with E-state index in [4.69, 9.17) is 4.52 Å². The zero-order chi connectivity index (χ0) is 16.6. The highest BCUT2D eigenvalue weighted by Crippen LogP contribution is 2.32. The molecule has 9 heteroatoms. The molecule has 0 unspecified atom stereocenters. The van der Waals surface area contributed by atoms with Crippen molar-refractivity contribution in [1.82, 2.24) is 19.8 Å². The van der Waals surface area contributed by atoms with Crippen molar-refractivity contribution < 1.29 is 22.5 Å². The summed E-state index contributed by atoms with van der Waals surface area (Å²) >= 11 is 0. The van der Waals surface area contributed by atoms with Crippen LogP contribution in [0.2, 0.25) is 0 Å². The minimum Gasteiger partial charge on any atom is -0.359 e. The van der Waals surface area contributed by atoms with E-state index in [0.717, 1.165) is 35.5 Å². The first-order valence-electron chi connectivity index (χ1n) is 7.18. The third-order valence-corrected chi connectivity index (χ3v) is 3.78. The molecule has 3 rings (SSSR count). The number of alkyl halides is 3. The van der Waals surface area contributed by atoms with E-state index in [0.29, 0.717) is 12.3 Å². The molecule has 1 atom stereocenters. The standard InChI is InChI=1S/C14H15F3N4O2/c1-9-7-11(23-19-9)10-3-2-5-21(10)13(22)8-20-6-4-12(18-20)14(15,16)17/h4,6-7,10H,2-3,5,8H2,1H3/t10-/m1/s1. The SMILES string of the molecule is Cc1cc([C@H]2CCCN2C(=O)Cn2ccc(C(F)(F)F)n2)on1. The Morgan fingerprint density at radius 2 is 2.26 bits per heavy atom. The number of amides is 1. The first-order chi connectivity index (χ1) is 10.8. The van der Waals surface area contributed by atoms with Gasteiger partial charge in [0.1, 0.15) is 6.54 Å². The molecule has 0 N–H and O–H groups in total. The number of hydrogen-bond donors (Lipinski definition) is 0. The number of carbonyl (C=O) groups is 1. The fraction of sp³-hybridized carbons (Fsp3) is 0.500. The van der Waals surface area contributed by atoms with E-state index in [-0.39, 0.29) is 18.5 Å². The van der Waals surface area contributed by atoms with E-state index in [2.05, 4.69) is 10.3 Å². The first-order valence-corrected chi connectivity index (χ1v) is 7.18. The van der Waals surface area contributed by atoms with Crippen LogP contribution in [-0.2, 0) is 17.5 Å². The highest BCUT2D eigenvalue weighted by molar-refractivity contribution is 5.76. The van der Waals surface area contributed by atoms with Gasteiger partial charge >= 0.3 is 6.18 Å². The van der Waals surface area contributed by atoms with E-state index in [1.54, 1.807) is 17.9 Å². The molecule has 1 amide bonds. The predicted octanol–water partition coefficient (Wildman–Crippen LogP) is 2.56. The monoisotopic (exact) mass is 328 g/mol. The van der Waals surface area contributed by atoms with Crippen LogP contribution in [-0.4, -0.2) is 32.3 Å². The van der Waals surface area contributed by atoms with Crippen LogP contribution in [0.25, 0.3) is 0 Å². The Hall–Kier alpha value is -2.32. The third kappa shape index (κ3) is 3.22. The molecule has 3 heterocycles. The molecular formula is C14H15F3N4O2. The molecule has 2 aromatic rings. The molecule has 6 nitrogen and oxygen atoms in total. The molecule has 1 aliphatic rings. The maximum atomic E-state index is 12.5. The summed E-state index contributed by atoms with van der Waals surface area (Å²) in [6, 6.07) is 2.40. The third-order valence-electron chi connectivity index (χ3n) is 3.78. The highest BCUT2D eigenvalue weighted by atomic mass is 19.4. The van der Waals surface area contributed by atoms with Crippen LogP contribution in [0.4, 0.5) is 13.2 Å². The lowest BCUT2D eigenvalue weighted by Gasteiger charge is -2.22. The van der Waals surface area contributed by atoms with Gasteiger partial charge in [-0.3, -0.25) is 9.48 Å². The van der Waals surface area contributed by atoms with Crippen molar-refractivity contribution >= 4 is 5.91 Å². The quantitative estimate of drug-likeness (QED) is 0.869. The van der Waals surface area contributed by atoms with Crippen LogP contribution < -0.4 is 0 Å². The minimum absolute atomic E-state index is 0.221. The number of carbonyl (C=O) groups excluding carboxylic acids is 1. The van der Waals surface area contributed by atoms with Crippen LogP contribution in [0.3, 0.4) is 0 Å². The van der Waals surface area contributed by atoms with Crippen molar-refractivity contribution in [1.29, 1.82) is 0 Å². The highest BCUT2D eigenvalue weighted by Gasteiger charge is 2.35. The Bertz CT molecular complexity index is 707. The van der Waals surface area contributed by atoms with Crippen LogP contribution in [0.5, 0.6) is 0 Å². The predicted molar refractivity (Wildman–Crippen MR) is 72.2 cm³/mol. The molecule has 1 fully saturated rings. The van der Waals surface area contributed by atoms with Gasteiger partial charge in [0.15, 0.2) is 11.5 Å². The zero-order valence-corrected chi connectivity index (χ0v) is 12.4. The van der Waals surface area contributed by atoms with Gasteiger partial charge in [-0.25, -0.2) is 0 Å². The summed E-state index contributed by atoms with van der Waals surface area (Å²) in [5.74, 6) is 0.308. The number of aryl methyl sites for hydroxylation is 1. The molecule has 1 aliphatic heterocycles. The summed E-state index contributed by atoms with van der Waals surface area (Å²) in [6.45, 7) is 2.09. The van der Waals surface area contributed by atoms with Gasteiger partial charge in [-0.2, -0.15) is 18.3 Å². The second-order valence-electron chi connectivity index (χ2n) is 5.51. The summed E-state index contributed by atoms with van der Waals surface area (Å²) in [7, 11) is 0. The lowest BCUT2D eigenvalue weighted by atomic mass is 10.1. The second kappa shape index (κ2) is 5.71. The van der Waals surface area contributed by atoms with Gasteiger partial charge in [0.05, 0.1) is 11.7 Å². The van der Waals surface area contributed by atoms with Gasteiger partial charge in [-0.15, -0.1) is 0 Å². The topological polar surface area (TPSA) is 64.2 Å². The molecule has 23 heavy (non-hydrogen) atoms. The molecule has 0 bridgehead atoms. The van der Waals surface area contributed by atoms with Crippen molar-refractivity contribution in [2.75, 3.05) is 6.54 Å². The van der Waals surface area contributed by atoms with Gasteiger partial charge in [0.25, 0.3) is 0 Å². The number of halogens is 3. The van der Waals surface area contributed by atoms with Crippen molar-refractivity contribution in [3.05, 3.63) is 35.5 Å². The second-order valence-corrected chi connectivity index (χ2v) is 5.51. The first kappa shape index (κ1) is 15.6. The molecular weight excluding hydrogens is 313 g/mol. The average molecular weight is 328 g/mol. The summed E-state index contributed by atoms with van der Waals surface area (Å²) < 4.78 is 43.8. The van der Waals surface area contributed by atoms with Gasteiger partial charge in [-0.05, 0) is 25.8 Å². The number of aromatic nitrogens is 3.